The summed E-state index contributed by atoms with van der Waals surface area (Å²) >= 11 is 0. The molecule has 1 rings (SSSR count). The van der Waals surface area contributed by atoms with Gasteiger partial charge < -0.3 is 9.53 Å². The van der Waals surface area contributed by atoms with E-state index in [-0.39, 0.29) is 5.78 Å². The molecule has 0 amide bonds. The van der Waals surface area contributed by atoms with Crippen molar-refractivity contribution in [1.29, 1.82) is 0 Å². The Balaban J connectivity index is 2.23. The van der Waals surface area contributed by atoms with Crippen LogP contribution < -0.4 is 0 Å². The number of rotatable bonds is 11. The third-order valence-corrected chi connectivity index (χ3v) is 3.38. The Hall–Kier alpha value is -1.41. The Morgan fingerprint density at radius 3 is 2.70 bits per heavy atom. The first-order chi connectivity index (χ1) is 9.72. The standard InChI is InChI=1S/C18H26O2/c1-3-4-6-9-17(14-16(2)19)12-13-20-15-18-10-7-5-8-11-18/h3,5,7-8,10-11,17H,1,4,6,9,12-15H2,2H3/t17-/m1/s1. The molecule has 1 aromatic rings. The van der Waals surface area contributed by atoms with Gasteiger partial charge in [-0.2, -0.15) is 0 Å². The van der Waals surface area contributed by atoms with Crippen LogP contribution in [0, 0.1) is 5.92 Å². The molecule has 1 aromatic carbocycles. The molecule has 0 unspecified atom stereocenters. The summed E-state index contributed by atoms with van der Waals surface area (Å²) in [6, 6.07) is 10.2. The number of allylic oxidation sites excluding steroid dienone is 1. The van der Waals surface area contributed by atoms with E-state index in [9.17, 15) is 4.79 Å². The van der Waals surface area contributed by atoms with E-state index in [0.29, 0.717) is 18.9 Å². The highest BCUT2D eigenvalue weighted by Gasteiger charge is 2.11. The van der Waals surface area contributed by atoms with Gasteiger partial charge in [-0.25, -0.2) is 0 Å². The van der Waals surface area contributed by atoms with E-state index in [1.807, 2.05) is 24.3 Å². The minimum absolute atomic E-state index is 0.275. The average molecular weight is 274 g/mol. The summed E-state index contributed by atoms with van der Waals surface area (Å²) in [6.45, 7) is 6.78. The van der Waals surface area contributed by atoms with Gasteiger partial charge in [0.05, 0.1) is 6.61 Å². The van der Waals surface area contributed by atoms with Crippen LogP contribution in [-0.2, 0) is 16.1 Å². The lowest BCUT2D eigenvalue weighted by Crippen LogP contribution is -2.09. The molecule has 0 spiro atoms. The van der Waals surface area contributed by atoms with Crippen molar-refractivity contribution in [3.8, 4) is 0 Å². The van der Waals surface area contributed by atoms with E-state index < -0.39 is 0 Å². The van der Waals surface area contributed by atoms with Crippen LogP contribution in [0.5, 0.6) is 0 Å². The summed E-state index contributed by atoms with van der Waals surface area (Å²) in [6.07, 6.45) is 6.80. The normalized spacial score (nSPS) is 12.1. The highest BCUT2D eigenvalue weighted by Crippen LogP contribution is 2.18. The molecule has 0 heterocycles. The van der Waals surface area contributed by atoms with Gasteiger partial charge in [-0.15, -0.1) is 6.58 Å². The second-order valence-electron chi connectivity index (χ2n) is 5.32. The number of benzene rings is 1. The molecule has 0 N–H and O–H groups in total. The summed E-state index contributed by atoms with van der Waals surface area (Å²) in [5.41, 5.74) is 1.20. The summed E-state index contributed by atoms with van der Waals surface area (Å²) in [5, 5.41) is 0. The number of ketones is 1. The van der Waals surface area contributed by atoms with Gasteiger partial charge in [-0.05, 0) is 44.1 Å². The fourth-order valence-corrected chi connectivity index (χ4v) is 2.32. The fraction of sp³-hybridized carbons (Fsp3) is 0.500. The Morgan fingerprint density at radius 2 is 2.05 bits per heavy atom. The molecule has 0 aliphatic carbocycles. The lowest BCUT2D eigenvalue weighted by Gasteiger charge is -2.15. The van der Waals surface area contributed by atoms with Crippen molar-refractivity contribution < 1.29 is 9.53 Å². The maximum Gasteiger partial charge on any atom is 0.130 e. The Morgan fingerprint density at radius 1 is 1.30 bits per heavy atom. The van der Waals surface area contributed by atoms with Gasteiger partial charge >= 0.3 is 0 Å². The fourth-order valence-electron chi connectivity index (χ4n) is 2.32. The lowest BCUT2D eigenvalue weighted by atomic mass is 9.93. The molecule has 2 nitrogen and oxygen atoms in total. The number of unbranched alkanes of at least 4 members (excludes halogenated alkanes) is 1. The van der Waals surface area contributed by atoms with Gasteiger partial charge in [-0.1, -0.05) is 36.4 Å². The van der Waals surface area contributed by atoms with Crippen LogP contribution >= 0.6 is 0 Å². The summed E-state index contributed by atoms with van der Waals surface area (Å²) < 4.78 is 5.71. The first-order valence-electron chi connectivity index (χ1n) is 7.44. The molecule has 2 heteroatoms. The van der Waals surface area contributed by atoms with Crippen molar-refractivity contribution in [2.45, 2.75) is 45.6 Å². The van der Waals surface area contributed by atoms with Crippen molar-refractivity contribution in [3.05, 3.63) is 48.6 Å². The van der Waals surface area contributed by atoms with E-state index in [2.05, 4.69) is 18.7 Å². The van der Waals surface area contributed by atoms with Crippen LogP contribution in [0.2, 0.25) is 0 Å². The first kappa shape index (κ1) is 16.6. The molecule has 110 valence electrons. The molecule has 0 aliphatic heterocycles. The van der Waals surface area contributed by atoms with Crippen molar-refractivity contribution in [2.24, 2.45) is 5.92 Å². The van der Waals surface area contributed by atoms with E-state index >= 15 is 0 Å². The predicted molar refractivity (Wildman–Crippen MR) is 83.6 cm³/mol. The maximum atomic E-state index is 11.3. The van der Waals surface area contributed by atoms with Gasteiger partial charge in [0.15, 0.2) is 0 Å². The molecule has 0 saturated carbocycles. The maximum absolute atomic E-state index is 11.3. The zero-order chi connectivity index (χ0) is 14.6. The molecule has 1 atom stereocenters. The third-order valence-electron chi connectivity index (χ3n) is 3.38. The first-order valence-corrected chi connectivity index (χ1v) is 7.44. The largest absolute Gasteiger partial charge is 0.377 e. The van der Waals surface area contributed by atoms with Crippen LogP contribution in [-0.4, -0.2) is 12.4 Å². The number of ether oxygens (including phenoxy) is 1. The molecule has 20 heavy (non-hydrogen) atoms. The van der Waals surface area contributed by atoms with Crippen LogP contribution in [0.3, 0.4) is 0 Å². The summed E-state index contributed by atoms with van der Waals surface area (Å²) in [5.74, 6) is 0.722. The summed E-state index contributed by atoms with van der Waals surface area (Å²) in [4.78, 5) is 11.3. The quantitative estimate of drug-likeness (QED) is 0.437. The topological polar surface area (TPSA) is 26.3 Å². The molecule has 0 fully saturated rings. The second kappa shape index (κ2) is 10.4. The number of Topliss-reactive ketones (excluding diaryl/α,β-unsaturated/α-hetero) is 1. The van der Waals surface area contributed by atoms with Crippen molar-refractivity contribution >= 4 is 5.78 Å². The van der Waals surface area contributed by atoms with Gasteiger partial charge in [-0.3, -0.25) is 0 Å². The predicted octanol–water partition coefficient (Wildman–Crippen LogP) is 4.54. The SMILES string of the molecule is C=CCCC[C@H](CCOCc1ccccc1)CC(C)=O. The van der Waals surface area contributed by atoms with Crippen LogP contribution in [0.15, 0.2) is 43.0 Å². The molecular formula is C18H26O2. The minimum Gasteiger partial charge on any atom is -0.377 e. The highest BCUT2D eigenvalue weighted by molar-refractivity contribution is 5.75. The van der Waals surface area contributed by atoms with Crippen LogP contribution in [0.25, 0.3) is 0 Å². The van der Waals surface area contributed by atoms with Crippen molar-refractivity contribution in [2.75, 3.05) is 6.61 Å². The minimum atomic E-state index is 0.275. The number of hydrogen-bond donors (Lipinski definition) is 0. The number of carbonyl (C=O) groups excluding carboxylic acids is 1. The Kier molecular flexibility index (Phi) is 8.64. The van der Waals surface area contributed by atoms with Crippen LogP contribution in [0.4, 0.5) is 0 Å². The second-order valence-corrected chi connectivity index (χ2v) is 5.32. The van der Waals surface area contributed by atoms with Gasteiger partial charge in [0.2, 0.25) is 0 Å². The molecule has 0 bridgehead atoms. The zero-order valence-electron chi connectivity index (χ0n) is 12.5. The van der Waals surface area contributed by atoms with E-state index in [0.717, 1.165) is 32.3 Å². The number of carbonyl (C=O) groups is 1. The lowest BCUT2D eigenvalue weighted by molar-refractivity contribution is -0.118. The van der Waals surface area contributed by atoms with Gasteiger partial charge in [0, 0.05) is 13.0 Å². The zero-order valence-corrected chi connectivity index (χ0v) is 12.5. The smallest absolute Gasteiger partial charge is 0.130 e. The van der Waals surface area contributed by atoms with Gasteiger partial charge in [0.25, 0.3) is 0 Å². The highest BCUT2D eigenvalue weighted by atomic mass is 16.5. The van der Waals surface area contributed by atoms with Crippen molar-refractivity contribution in [1.82, 2.24) is 0 Å². The summed E-state index contributed by atoms with van der Waals surface area (Å²) in [7, 11) is 0. The molecule has 0 saturated heterocycles. The number of hydrogen-bond acceptors (Lipinski definition) is 2. The Bertz CT molecular complexity index is 384. The molecular weight excluding hydrogens is 248 g/mol. The molecule has 0 radical (unpaired) electrons. The molecule has 0 aliphatic rings. The average Bonchev–Trinajstić information content (AvgIpc) is 2.44. The van der Waals surface area contributed by atoms with E-state index in [4.69, 9.17) is 4.74 Å². The van der Waals surface area contributed by atoms with Crippen molar-refractivity contribution in [3.63, 3.8) is 0 Å². The monoisotopic (exact) mass is 274 g/mol. The van der Waals surface area contributed by atoms with E-state index in [1.54, 1.807) is 6.92 Å². The Labute approximate surface area is 122 Å². The van der Waals surface area contributed by atoms with Crippen LogP contribution in [0.1, 0.15) is 44.6 Å². The third kappa shape index (κ3) is 7.90. The van der Waals surface area contributed by atoms with E-state index in [1.165, 1.54) is 5.56 Å². The molecule has 0 aromatic heterocycles. The van der Waals surface area contributed by atoms with Gasteiger partial charge in [0.1, 0.15) is 5.78 Å².